The Balaban J connectivity index is 1.64. The van der Waals surface area contributed by atoms with Gasteiger partial charge in [-0.25, -0.2) is 13.6 Å². The summed E-state index contributed by atoms with van der Waals surface area (Å²) in [4.78, 5) is 14.3. The Bertz CT molecular complexity index is 853. The number of nitrogens with zero attached hydrogens (tertiary/aromatic N) is 1. The number of phenols is 1. The number of piperidine rings is 1. The van der Waals surface area contributed by atoms with Gasteiger partial charge in [0.1, 0.15) is 5.75 Å². The molecule has 3 rings (SSSR count). The quantitative estimate of drug-likeness (QED) is 0.875. The summed E-state index contributed by atoms with van der Waals surface area (Å²) in [5, 5.41) is 14.4. The van der Waals surface area contributed by atoms with E-state index in [2.05, 4.69) is 0 Å². The van der Waals surface area contributed by atoms with Gasteiger partial charge in [0.25, 0.3) is 5.91 Å². The van der Waals surface area contributed by atoms with Gasteiger partial charge in [0.2, 0.25) is 10.0 Å². The molecule has 1 aliphatic rings. The van der Waals surface area contributed by atoms with E-state index in [0.717, 1.165) is 12.8 Å². The number of likely N-dealkylation sites (tertiary alicyclic amines) is 1. The minimum atomic E-state index is -3.75. The van der Waals surface area contributed by atoms with Crippen molar-refractivity contribution in [3.8, 4) is 5.75 Å². The summed E-state index contributed by atoms with van der Waals surface area (Å²) in [6, 6.07) is 12.9. The molecule has 7 heteroatoms. The van der Waals surface area contributed by atoms with Crippen molar-refractivity contribution >= 4 is 15.9 Å². The lowest BCUT2D eigenvalue weighted by Crippen LogP contribution is -2.37. The normalized spacial score (nSPS) is 16.0. The van der Waals surface area contributed by atoms with Crippen LogP contribution in [0.5, 0.6) is 5.75 Å². The highest BCUT2D eigenvalue weighted by molar-refractivity contribution is 7.89. The molecule has 1 fully saturated rings. The van der Waals surface area contributed by atoms with Crippen molar-refractivity contribution in [1.82, 2.24) is 4.90 Å². The fraction of sp³-hybridized carbons (Fsp3) is 0.278. The molecule has 2 aromatic carbocycles. The van der Waals surface area contributed by atoms with E-state index < -0.39 is 10.0 Å². The highest BCUT2D eigenvalue weighted by Gasteiger charge is 2.24. The van der Waals surface area contributed by atoms with Crippen molar-refractivity contribution in [1.29, 1.82) is 0 Å². The summed E-state index contributed by atoms with van der Waals surface area (Å²) in [5.74, 6) is 0.513. The number of phenolic OH excluding ortho intramolecular Hbond substituents is 1. The monoisotopic (exact) mass is 360 g/mol. The van der Waals surface area contributed by atoms with Crippen molar-refractivity contribution in [3.05, 3.63) is 59.7 Å². The van der Waals surface area contributed by atoms with Gasteiger partial charge >= 0.3 is 0 Å². The van der Waals surface area contributed by atoms with Crippen molar-refractivity contribution in [3.63, 3.8) is 0 Å². The molecule has 0 atom stereocenters. The lowest BCUT2D eigenvalue weighted by molar-refractivity contribution is 0.0713. The van der Waals surface area contributed by atoms with Gasteiger partial charge in [-0.15, -0.1) is 0 Å². The number of carbonyl (C=O) groups excluding carboxylic acids is 1. The number of hydrogen-bond acceptors (Lipinski definition) is 4. The zero-order chi connectivity index (χ0) is 18.0. The van der Waals surface area contributed by atoms with Gasteiger partial charge in [-0.1, -0.05) is 12.1 Å². The van der Waals surface area contributed by atoms with E-state index in [1.807, 2.05) is 12.1 Å². The predicted molar refractivity (Wildman–Crippen MR) is 93.8 cm³/mol. The average Bonchev–Trinajstić information content (AvgIpc) is 2.61. The van der Waals surface area contributed by atoms with Crippen LogP contribution in [-0.2, 0) is 10.0 Å². The minimum absolute atomic E-state index is 0.00455. The molecule has 0 aliphatic carbocycles. The standard InChI is InChI=1S/C18H20N2O4S/c19-25(23,24)17-7-3-15(4-8-17)18(22)20-11-9-14(10-12-20)13-1-5-16(21)6-2-13/h1-8,14,21H,9-12H2,(H2,19,23,24). The van der Waals surface area contributed by atoms with Gasteiger partial charge < -0.3 is 10.0 Å². The van der Waals surface area contributed by atoms with Crippen molar-refractivity contribution in [2.75, 3.05) is 13.1 Å². The number of hydrogen-bond donors (Lipinski definition) is 2. The van der Waals surface area contributed by atoms with Crippen LogP contribution in [0.1, 0.15) is 34.7 Å². The summed E-state index contributed by atoms with van der Waals surface area (Å²) >= 11 is 0. The lowest BCUT2D eigenvalue weighted by Gasteiger charge is -2.32. The van der Waals surface area contributed by atoms with Gasteiger partial charge in [0.05, 0.1) is 4.90 Å². The number of nitrogens with two attached hydrogens (primary N) is 1. The molecular formula is C18H20N2O4S. The zero-order valence-corrected chi connectivity index (χ0v) is 14.4. The first-order valence-corrected chi connectivity index (χ1v) is 9.60. The molecule has 0 saturated carbocycles. The second kappa shape index (κ2) is 6.85. The molecule has 0 unspecified atom stereocenters. The molecule has 1 aliphatic heterocycles. The number of carbonyl (C=O) groups is 1. The molecule has 0 bridgehead atoms. The highest BCUT2D eigenvalue weighted by atomic mass is 32.2. The molecular weight excluding hydrogens is 340 g/mol. The Morgan fingerprint density at radius 2 is 1.56 bits per heavy atom. The van der Waals surface area contributed by atoms with Crippen LogP contribution >= 0.6 is 0 Å². The molecule has 0 spiro atoms. The molecule has 25 heavy (non-hydrogen) atoms. The van der Waals surface area contributed by atoms with Crippen molar-refractivity contribution in [2.24, 2.45) is 5.14 Å². The summed E-state index contributed by atoms with van der Waals surface area (Å²) < 4.78 is 22.5. The van der Waals surface area contributed by atoms with Crippen LogP contribution in [0.2, 0.25) is 0 Å². The predicted octanol–water partition coefficient (Wildman–Crippen LogP) is 2.06. The Kier molecular flexibility index (Phi) is 4.78. The highest BCUT2D eigenvalue weighted by Crippen LogP contribution is 2.29. The van der Waals surface area contributed by atoms with Crippen LogP contribution < -0.4 is 5.14 Å². The van der Waals surface area contributed by atoms with Crippen LogP contribution in [-0.4, -0.2) is 37.4 Å². The van der Waals surface area contributed by atoms with E-state index in [-0.39, 0.29) is 16.6 Å². The molecule has 0 aromatic heterocycles. The molecule has 6 nitrogen and oxygen atoms in total. The van der Waals surface area contributed by atoms with Crippen LogP contribution in [0, 0.1) is 0 Å². The fourth-order valence-corrected chi connectivity index (χ4v) is 3.65. The maximum absolute atomic E-state index is 12.6. The zero-order valence-electron chi connectivity index (χ0n) is 13.6. The largest absolute Gasteiger partial charge is 0.508 e. The Labute approximate surface area is 146 Å². The van der Waals surface area contributed by atoms with E-state index in [0.29, 0.717) is 24.6 Å². The summed E-state index contributed by atoms with van der Waals surface area (Å²) in [7, 11) is -3.75. The van der Waals surface area contributed by atoms with Gasteiger partial charge in [-0.3, -0.25) is 4.79 Å². The van der Waals surface area contributed by atoms with Crippen LogP contribution in [0.4, 0.5) is 0 Å². The first-order valence-electron chi connectivity index (χ1n) is 8.05. The molecule has 1 saturated heterocycles. The third-order valence-corrected chi connectivity index (χ3v) is 5.51. The summed E-state index contributed by atoms with van der Waals surface area (Å²) in [6.07, 6.45) is 1.71. The second-order valence-electron chi connectivity index (χ2n) is 6.23. The fourth-order valence-electron chi connectivity index (χ4n) is 3.13. The van der Waals surface area contributed by atoms with E-state index in [4.69, 9.17) is 5.14 Å². The maximum atomic E-state index is 12.6. The number of rotatable bonds is 3. The van der Waals surface area contributed by atoms with Crippen LogP contribution in [0.15, 0.2) is 53.4 Å². The van der Waals surface area contributed by atoms with Gasteiger partial charge in [0, 0.05) is 18.7 Å². The number of primary sulfonamides is 1. The molecule has 1 heterocycles. The first kappa shape index (κ1) is 17.4. The SMILES string of the molecule is NS(=O)(=O)c1ccc(C(=O)N2CCC(c3ccc(O)cc3)CC2)cc1. The van der Waals surface area contributed by atoms with E-state index in [9.17, 15) is 18.3 Å². The topological polar surface area (TPSA) is 101 Å². The van der Waals surface area contributed by atoms with Crippen LogP contribution in [0.3, 0.4) is 0 Å². The van der Waals surface area contributed by atoms with Gasteiger partial charge in [-0.05, 0) is 60.7 Å². The maximum Gasteiger partial charge on any atom is 0.253 e. The number of benzene rings is 2. The van der Waals surface area contributed by atoms with Gasteiger partial charge in [0.15, 0.2) is 0 Å². The second-order valence-corrected chi connectivity index (χ2v) is 7.79. The number of aromatic hydroxyl groups is 1. The Morgan fingerprint density at radius 1 is 1.00 bits per heavy atom. The van der Waals surface area contributed by atoms with Crippen molar-refractivity contribution < 1.29 is 18.3 Å². The molecule has 132 valence electrons. The molecule has 2 aromatic rings. The Morgan fingerprint density at radius 3 is 2.08 bits per heavy atom. The van der Waals surface area contributed by atoms with Crippen LogP contribution in [0.25, 0.3) is 0 Å². The smallest absolute Gasteiger partial charge is 0.253 e. The Hall–Kier alpha value is -2.38. The molecule has 1 amide bonds. The average molecular weight is 360 g/mol. The first-order chi connectivity index (χ1) is 11.8. The van der Waals surface area contributed by atoms with E-state index in [1.54, 1.807) is 17.0 Å². The third kappa shape index (κ3) is 4.00. The number of sulfonamides is 1. The summed E-state index contributed by atoms with van der Waals surface area (Å²) in [5.41, 5.74) is 1.62. The molecule has 3 N–H and O–H groups in total. The third-order valence-electron chi connectivity index (χ3n) is 4.58. The van der Waals surface area contributed by atoms with Gasteiger partial charge in [-0.2, -0.15) is 0 Å². The molecule has 0 radical (unpaired) electrons. The summed E-state index contributed by atoms with van der Waals surface area (Å²) in [6.45, 7) is 1.28. The lowest BCUT2D eigenvalue weighted by atomic mass is 9.89. The van der Waals surface area contributed by atoms with E-state index >= 15 is 0 Å². The minimum Gasteiger partial charge on any atom is -0.508 e. The van der Waals surface area contributed by atoms with E-state index in [1.165, 1.54) is 29.8 Å². The number of amides is 1. The van der Waals surface area contributed by atoms with Crippen molar-refractivity contribution in [2.45, 2.75) is 23.7 Å².